The lowest BCUT2D eigenvalue weighted by Crippen LogP contribution is -2.59. The minimum absolute atomic E-state index is 0.0365. The predicted molar refractivity (Wildman–Crippen MR) is 73.7 cm³/mol. The second-order valence-electron chi connectivity index (χ2n) is 5.90. The molecule has 3 unspecified atom stereocenters. The van der Waals surface area contributed by atoms with Gasteiger partial charge >= 0.3 is 5.97 Å². The molecule has 19 heavy (non-hydrogen) atoms. The van der Waals surface area contributed by atoms with Gasteiger partial charge in [0.05, 0.1) is 12.0 Å². The molecule has 0 spiro atoms. The first-order chi connectivity index (χ1) is 8.80. The topological polar surface area (TPSA) is 83.6 Å². The molecule has 0 radical (unpaired) electrons. The highest BCUT2D eigenvalue weighted by molar-refractivity contribution is 5.87. The molecule has 0 aromatic heterocycles. The van der Waals surface area contributed by atoms with Gasteiger partial charge in [-0.05, 0) is 32.6 Å². The Bertz CT molecular complexity index is 346. The standard InChI is InChI=1S/C14H26N2O3/c1-4-16(11(3)8-12(17)18)13(19)14(15)7-5-6-10(2)9-14/h10-11H,4-9,15H2,1-3H3,(H,17,18). The highest BCUT2D eigenvalue weighted by atomic mass is 16.4. The SMILES string of the molecule is CCN(C(=O)C1(N)CCCC(C)C1)C(C)CC(=O)O. The Balaban J connectivity index is 2.79. The average molecular weight is 270 g/mol. The molecular formula is C14H26N2O3. The Morgan fingerprint density at radius 2 is 2.16 bits per heavy atom. The van der Waals surface area contributed by atoms with Crippen LogP contribution in [0.15, 0.2) is 0 Å². The lowest BCUT2D eigenvalue weighted by molar-refractivity contribution is -0.144. The largest absolute Gasteiger partial charge is 0.481 e. The second-order valence-corrected chi connectivity index (χ2v) is 5.90. The molecule has 0 saturated heterocycles. The Kier molecular flexibility index (Phi) is 5.35. The zero-order valence-corrected chi connectivity index (χ0v) is 12.2. The van der Waals surface area contributed by atoms with E-state index in [9.17, 15) is 9.59 Å². The smallest absolute Gasteiger partial charge is 0.305 e. The third-order valence-corrected chi connectivity index (χ3v) is 4.06. The summed E-state index contributed by atoms with van der Waals surface area (Å²) >= 11 is 0. The highest BCUT2D eigenvalue weighted by Gasteiger charge is 2.41. The Labute approximate surface area is 115 Å². The summed E-state index contributed by atoms with van der Waals surface area (Å²) < 4.78 is 0. The van der Waals surface area contributed by atoms with Crippen LogP contribution in [0.1, 0.15) is 52.9 Å². The van der Waals surface area contributed by atoms with E-state index in [0.29, 0.717) is 25.3 Å². The van der Waals surface area contributed by atoms with E-state index in [1.807, 2.05) is 6.92 Å². The first-order valence-electron chi connectivity index (χ1n) is 7.12. The van der Waals surface area contributed by atoms with Crippen LogP contribution in [-0.4, -0.2) is 40.0 Å². The molecule has 3 N–H and O–H groups in total. The fourth-order valence-corrected chi connectivity index (χ4v) is 3.09. The van der Waals surface area contributed by atoms with Crippen molar-refractivity contribution in [2.75, 3.05) is 6.54 Å². The van der Waals surface area contributed by atoms with E-state index in [0.717, 1.165) is 12.8 Å². The molecule has 0 bridgehead atoms. The zero-order chi connectivity index (χ0) is 14.6. The number of carbonyl (C=O) groups excluding carboxylic acids is 1. The molecule has 1 aliphatic rings. The van der Waals surface area contributed by atoms with Crippen LogP contribution in [0.3, 0.4) is 0 Å². The minimum atomic E-state index is -0.887. The van der Waals surface area contributed by atoms with Gasteiger partial charge in [0.15, 0.2) is 0 Å². The van der Waals surface area contributed by atoms with Crippen molar-refractivity contribution in [3.8, 4) is 0 Å². The third kappa shape index (κ3) is 3.93. The lowest BCUT2D eigenvalue weighted by Gasteiger charge is -2.40. The number of aliphatic carboxylic acids is 1. The molecule has 1 fully saturated rings. The predicted octanol–water partition coefficient (Wildman–Crippen LogP) is 1.61. The molecule has 0 aliphatic heterocycles. The first kappa shape index (κ1) is 16.0. The number of likely N-dealkylation sites (N-methyl/N-ethyl adjacent to an activating group) is 1. The van der Waals surface area contributed by atoms with Gasteiger partial charge < -0.3 is 15.7 Å². The maximum atomic E-state index is 12.6. The summed E-state index contributed by atoms with van der Waals surface area (Å²) in [5, 5.41) is 8.86. The molecule has 5 heteroatoms. The maximum absolute atomic E-state index is 12.6. The molecular weight excluding hydrogens is 244 g/mol. The van der Waals surface area contributed by atoms with Crippen molar-refractivity contribution in [1.29, 1.82) is 0 Å². The molecule has 0 heterocycles. The number of rotatable bonds is 5. The van der Waals surface area contributed by atoms with Crippen LogP contribution in [0.25, 0.3) is 0 Å². The second kappa shape index (κ2) is 6.37. The minimum Gasteiger partial charge on any atom is -0.481 e. The summed E-state index contributed by atoms with van der Waals surface area (Å²) in [7, 11) is 0. The molecule has 1 rings (SSSR count). The van der Waals surface area contributed by atoms with Crippen LogP contribution in [-0.2, 0) is 9.59 Å². The monoisotopic (exact) mass is 270 g/mol. The van der Waals surface area contributed by atoms with Gasteiger partial charge in [0.2, 0.25) is 5.91 Å². The van der Waals surface area contributed by atoms with E-state index in [1.54, 1.807) is 11.8 Å². The van der Waals surface area contributed by atoms with Crippen molar-refractivity contribution < 1.29 is 14.7 Å². The number of carboxylic acid groups (broad SMARTS) is 1. The molecule has 1 amide bonds. The summed E-state index contributed by atoms with van der Waals surface area (Å²) in [6.45, 7) is 6.25. The van der Waals surface area contributed by atoms with E-state index in [4.69, 9.17) is 10.8 Å². The van der Waals surface area contributed by atoms with Gasteiger partial charge in [-0.25, -0.2) is 0 Å². The van der Waals surface area contributed by atoms with Gasteiger partial charge in [-0.3, -0.25) is 9.59 Å². The summed E-state index contributed by atoms with van der Waals surface area (Å²) in [6, 6.07) is -0.312. The van der Waals surface area contributed by atoms with Crippen LogP contribution in [0.4, 0.5) is 0 Å². The Morgan fingerprint density at radius 3 is 2.63 bits per heavy atom. The van der Waals surface area contributed by atoms with Gasteiger partial charge in [0, 0.05) is 12.6 Å². The van der Waals surface area contributed by atoms with Crippen molar-refractivity contribution in [2.45, 2.75) is 64.5 Å². The molecule has 1 saturated carbocycles. The van der Waals surface area contributed by atoms with Gasteiger partial charge in [-0.2, -0.15) is 0 Å². The number of hydrogen-bond donors (Lipinski definition) is 2. The van der Waals surface area contributed by atoms with Gasteiger partial charge in [-0.15, -0.1) is 0 Å². The number of amides is 1. The van der Waals surface area contributed by atoms with Crippen molar-refractivity contribution in [3.05, 3.63) is 0 Å². The van der Waals surface area contributed by atoms with Crippen LogP contribution >= 0.6 is 0 Å². The fraction of sp³-hybridized carbons (Fsp3) is 0.857. The molecule has 110 valence electrons. The van der Waals surface area contributed by atoms with E-state index < -0.39 is 11.5 Å². The summed E-state index contributed by atoms with van der Waals surface area (Å²) in [5.74, 6) is -0.520. The van der Waals surface area contributed by atoms with E-state index in [2.05, 4.69) is 6.92 Å². The number of hydrogen-bond acceptors (Lipinski definition) is 3. The number of carboxylic acids is 1. The van der Waals surface area contributed by atoms with Crippen LogP contribution in [0, 0.1) is 5.92 Å². The Morgan fingerprint density at radius 1 is 1.53 bits per heavy atom. The number of nitrogens with zero attached hydrogens (tertiary/aromatic N) is 1. The van der Waals surface area contributed by atoms with E-state index in [-0.39, 0.29) is 18.4 Å². The van der Waals surface area contributed by atoms with Crippen molar-refractivity contribution >= 4 is 11.9 Å². The van der Waals surface area contributed by atoms with Gasteiger partial charge in [0.1, 0.15) is 0 Å². The maximum Gasteiger partial charge on any atom is 0.305 e. The van der Waals surface area contributed by atoms with Gasteiger partial charge in [0.25, 0.3) is 0 Å². The first-order valence-corrected chi connectivity index (χ1v) is 7.12. The number of carbonyl (C=O) groups is 2. The molecule has 0 aromatic rings. The summed E-state index contributed by atoms with van der Waals surface area (Å²) in [5.41, 5.74) is 5.49. The molecule has 3 atom stereocenters. The summed E-state index contributed by atoms with van der Waals surface area (Å²) in [4.78, 5) is 25.0. The molecule has 5 nitrogen and oxygen atoms in total. The van der Waals surface area contributed by atoms with Crippen LogP contribution in [0.2, 0.25) is 0 Å². The lowest BCUT2D eigenvalue weighted by atomic mass is 9.76. The van der Waals surface area contributed by atoms with Gasteiger partial charge in [-0.1, -0.05) is 19.8 Å². The normalized spacial score (nSPS) is 28.7. The number of nitrogens with two attached hydrogens (primary N) is 1. The molecule has 0 aromatic carbocycles. The quantitative estimate of drug-likeness (QED) is 0.795. The van der Waals surface area contributed by atoms with Crippen LogP contribution in [0.5, 0.6) is 0 Å². The third-order valence-electron chi connectivity index (χ3n) is 4.06. The zero-order valence-electron chi connectivity index (χ0n) is 12.2. The highest BCUT2D eigenvalue weighted by Crippen LogP contribution is 2.32. The average Bonchev–Trinajstić information content (AvgIpc) is 2.28. The van der Waals surface area contributed by atoms with Crippen molar-refractivity contribution in [1.82, 2.24) is 4.90 Å². The van der Waals surface area contributed by atoms with Crippen molar-refractivity contribution in [2.24, 2.45) is 11.7 Å². The van der Waals surface area contributed by atoms with E-state index >= 15 is 0 Å². The summed E-state index contributed by atoms with van der Waals surface area (Å²) in [6.07, 6.45) is 3.44. The fourth-order valence-electron chi connectivity index (χ4n) is 3.09. The van der Waals surface area contributed by atoms with E-state index in [1.165, 1.54) is 0 Å². The van der Waals surface area contributed by atoms with Crippen LogP contribution < -0.4 is 5.73 Å². The Hall–Kier alpha value is -1.10. The molecule has 1 aliphatic carbocycles. The van der Waals surface area contributed by atoms with Crippen molar-refractivity contribution in [3.63, 3.8) is 0 Å².